The average molecular weight is 217 g/mol. The van der Waals surface area contributed by atoms with Gasteiger partial charge in [0, 0.05) is 5.92 Å². The molecule has 1 aliphatic rings. The number of hydrogen-bond donors (Lipinski definition) is 1. The van der Waals surface area contributed by atoms with E-state index in [2.05, 4.69) is 24.4 Å². The molecule has 0 amide bonds. The summed E-state index contributed by atoms with van der Waals surface area (Å²) in [6, 6.07) is 10.4. The molecule has 2 nitrogen and oxygen atoms in total. The van der Waals surface area contributed by atoms with Crippen LogP contribution in [0.25, 0.3) is 0 Å². The molecule has 2 unspecified atom stereocenters. The molecule has 1 aromatic carbocycles. The molecule has 1 fully saturated rings. The number of hydrogen-bond acceptors (Lipinski definition) is 2. The van der Waals surface area contributed by atoms with Gasteiger partial charge in [-0.15, -0.1) is 0 Å². The smallest absolute Gasteiger partial charge is 0.150 e. The van der Waals surface area contributed by atoms with Crippen LogP contribution in [0.1, 0.15) is 31.2 Å². The van der Waals surface area contributed by atoms with Crippen molar-refractivity contribution in [1.29, 1.82) is 0 Å². The quantitative estimate of drug-likeness (QED) is 0.741. The Morgan fingerprint density at radius 3 is 2.81 bits per heavy atom. The topological polar surface area (TPSA) is 29.1 Å². The first-order chi connectivity index (χ1) is 7.83. The second-order valence-corrected chi connectivity index (χ2v) is 4.50. The van der Waals surface area contributed by atoms with E-state index < -0.39 is 0 Å². The van der Waals surface area contributed by atoms with E-state index in [1.807, 2.05) is 18.2 Å². The first kappa shape index (κ1) is 11.3. The summed E-state index contributed by atoms with van der Waals surface area (Å²) in [6.45, 7) is 3.59. The van der Waals surface area contributed by atoms with E-state index in [0.717, 1.165) is 19.4 Å². The minimum Gasteiger partial charge on any atom is -0.310 e. The number of carbonyl (C=O) groups excluding carboxylic acids is 1. The fraction of sp³-hybridized carbons (Fsp3) is 0.500. The van der Waals surface area contributed by atoms with Crippen molar-refractivity contribution in [3.05, 3.63) is 35.9 Å². The Labute approximate surface area is 97.1 Å². The van der Waals surface area contributed by atoms with Crippen molar-refractivity contribution in [2.24, 2.45) is 5.92 Å². The van der Waals surface area contributed by atoms with Crippen LogP contribution in [0.5, 0.6) is 0 Å². The highest BCUT2D eigenvalue weighted by molar-refractivity contribution is 5.86. The highest BCUT2D eigenvalue weighted by Crippen LogP contribution is 2.47. The molecular weight excluding hydrogens is 198 g/mol. The van der Waals surface area contributed by atoms with Crippen LogP contribution in [0.3, 0.4) is 0 Å². The number of Topliss-reactive ketones (excluding diaryl/α,β-unsaturated/α-hetero) is 1. The number of carbonyl (C=O) groups is 1. The lowest BCUT2D eigenvalue weighted by atomic mass is 10.1. The third-order valence-electron chi connectivity index (χ3n) is 3.16. The van der Waals surface area contributed by atoms with Gasteiger partial charge in [-0.2, -0.15) is 0 Å². The van der Waals surface area contributed by atoms with Gasteiger partial charge in [0.05, 0.1) is 6.54 Å². The Hall–Kier alpha value is -1.15. The molecule has 0 bridgehead atoms. The fourth-order valence-corrected chi connectivity index (χ4v) is 2.14. The minimum atomic E-state index is 0.270. The summed E-state index contributed by atoms with van der Waals surface area (Å²) in [5.41, 5.74) is 1.32. The first-order valence-electron chi connectivity index (χ1n) is 6.11. The minimum absolute atomic E-state index is 0.270. The van der Waals surface area contributed by atoms with Gasteiger partial charge in [-0.05, 0) is 30.9 Å². The number of rotatable bonds is 6. The van der Waals surface area contributed by atoms with Crippen molar-refractivity contribution >= 4 is 5.78 Å². The van der Waals surface area contributed by atoms with Crippen molar-refractivity contribution in [3.8, 4) is 0 Å². The zero-order valence-corrected chi connectivity index (χ0v) is 9.78. The summed E-state index contributed by atoms with van der Waals surface area (Å²) in [4.78, 5) is 11.8. The predicted molar refractivity (Wildman–Crippen MR) is 65.5 cm³/mol. The standard InChI is InChI=1S/C14H19NO/c1-2-8-15-10-14(16)13-9-12(13)11-6-4-3-5-7-11/h3-7,12-13,15H,2,8-10H2,1H3. The Bertz CT molecular complexity index is 347. The average Bonchev–Trinajstić information content (AvgIpc) is 3.10. The number of ketones is 1. The number of benzene rings is 1. The van der Waals surface area contributed by atoms with Gasteiger partial charge in [0.1, 0.15) is 5.78 Å². The first-order valence-corrected chi connectivity index (χ1v) is 6.11. The fourth-order valence-electron chi connectivity index (χ4n) is 2.14. The maximum Gasteiger partial charge on any atom is 0.150 e. The van der Waals surface area contributed by atoms with E-state index in [1.165, 1.54) is 5.56 Å². The summed E-state index contributed by atoms with van der Waals surface area (Å²) >= 11 is 0. The summed E-state index contributed by atoms with van der Waals surface area (Å²) in [5, 5.41) is 3.18. The molecule has 16 heavy (non-hydrogen) atoms. The van der Waals surface area contributed by atoms with Gasteiger partial charge in [0.2, 0.25) is 0 Å². The summed E-state index contributed by atoms with van der Waals surface area (Å²) < 4.78 is 0. The zero-order chi connectivity index (χ0) is 11.4. The molecule has 1 N–H and O–H groups in total. The molecule has 0 radical (unpaired) electrons. The second-order valence-electron chi connectivity index (χ2n) is 4.50. The van der Waals surface area contributed by atoms with Gasteiger partial charge in [0.15, 0.2) is 0 Å². The van der Waals surface area contributed by atoms with E-state index in [0.29, 0.717) is 18.2 Å². The Kier molecular flexibility index (Phi) is 3.73. The Morgan fingerprint density at radius 2 is 2.12 bits per heavy atom. The van der Waals surface area contributed by atoms with Crippen LogP contribution < -0.4 is 5.32 Å². The van der Waals surface area contributed by atoms with Crippen LogP contribution in [0, 0.1) is 5.92 Å². The van der Waals surface area contributed by atoms with Crippen LogP contribution in [0.15, 0.2) is 30.3 Å². The van der Waals surface area contributed by atoms with Gasteiger partial charge in [0.25, 0.3) is 0 Å². The number of nitrogens with one attached hydrogen (secondary N) is 1. The molecule has 1 aliphatic carbocycles. The molecule has 0 saturated heterocycles. The van der Waals surface area contributed by atoms with E-state index in [4.69, 9.17) is 0 Å². The van der Waals surface area contributed by atoms with Gasteiger partial charge >= 0.3 is 0 Å². The largest absolute Gasteiger partial charge is 0.310 e. The summed E-state index contributed by atoms with van der Waals surface area (Å²) in [5.74, 6) is 1.13. The predicted octanol–water partition coefficient (Wildman–Crippen LogP) is 2.36. The van der Waals surface area contributed by atoms with Crippen molar-refractivity contribution in [2.75, 3.05) is 13.1 Å². The molecule has 0 heterocycles. The Morgan fingerprint density at radius 1 is 1.38 bits per heavy atom. The molecule has 1 aromatic rings. The van der Waals surface area contributed by atoms with Crippen molar-refractivity contribution in [3.63, 3.8) is 0 Å². The summed E-state index contributed by atoms with van der Waals surface area (Å²) in [6.07, 6.45) is 2.12. The van der Waals surface area contributed by atoms with Gasteiger partial charge < -0.3 is 5.32 Å². The van der Waals surface area contributed by atoms with Gasteiger partial charge in [-0.25, -0.2) is 0 Å². The molecule has 1 saturated carbocycles. The van der Waals surface area contributed by atoms with E-state index >= 15 is 0 Å². The highest BCUT2D eigenvalue weighted by Gasteiger charge is 2.42. The maximum absolute atomic E-state index is 11.8. The molecular formula is C14H19NO. The molecule has 2 heteroatoms. The maximum atomic E-state index is 11.8. The van der Waals surface area contributed by atoms with Crippen molar-refractivity contribution in [1.82, 2.24) is 5.32 Å². The van der Waals surface area contributed by atoms with Crippen LogP contribution in [0.2, 0.25) is 0 Å². The zero-order valence-electron chi connectivity index (χ0n) is 9.78. The van der Waals surface area contributed by atoms with Gasteiger partial charge in [-0.3, -0.25) is 4.79 Å². The molecule has 2 atom stereocenters. The van der Waals surface area contributed by atoms with Crippen molar-refractivity contribution in [2.45, 2.75) is 25.7 Å². The van der Waals surface area contributed by atoms with E-state index in [1.54, 1.807) is 0 Å². The third-order valence-corrected chi connectivity index (χ3v) is 3.16. The third kappa shape index (κ3) is 2.70. The van der Waals surface area contributed by atoms with Crippen LogP contribution in [-0.4, -0.2) is 18.9 Å². The lowest BCUT2D eigenvalue weighted by molar-refractivity contribution is -0.119. The van der Waals surface area contributed by atoms with Crippen LogP contribution in [-0.2, 0) is 4.79 Å². The lowest BCUT2D eigenvalue weighted by Gasteiger charge is -2.02. The van der Waals surface area contributed by atoms with Crippen LogP contribution in [0.4, 0.5) is 0 Å². The normalized spacial score (nSPS) is 23.1. The monoisotopic (exact) mass is 217 g/mol. The molecule has 0 aliphatic heterocycles. The van der Waals surface area contributed by atoms with E-state index in [9.17, 15) is 4.79 Å². The van der Waals surface area contributed by atoms with Crippen LogP contribution >= 0.6 is 0 Å². The van der Waals surface area contributed by atoms with Gasteiger partial charge in [-0.1, -0.05) is 37.3 Å². The van der Waals surface area contributed by atoms with E-state index in [-0.39, 0.29) is 5.92 Å². The highest BCUT2D eigenvalue weighted by atomic mass is 16.1. The molecule has 2 rings (SSSR count). The lowest BCUT2D eigenvalue weighted by Crippen LogP contribution is -2.24. The molecule has 0 spiro atoms. The SMILES string of the molecule is CCCNCC(=O)C1CC1c1ccccc1. The Balaban J connectivity index is 1.80. The second kappa shape index (κ2) is 5.26. The summed E-state index contributed by atoms with van der Waals surface area (Å²) in [7, 11) is 0. The molecule has 0 aromatic heterocycles. The van der Waals surface area contributed by atoms with Crippen molar-refractivity contribution < 1.29 is 4.79 Å². The molecule has 86 valence electrons.